The van der Waals surface area contributed by atoms with E-state index in [2.05, 4.69) is 98.5 Å². The lowest BCUT2D eigenvalue weighted by Gasteiger charge is -2.52. The molecule has 5 aromatic rings. The molecule has 5 aliphatic rings. The Morgan fingerprint density at radius 2 is 0.739 bits per heavy atom. The lowest BCUT2D eigenvalue weighted by atomic mass is 9.73. The van der Waals surface area contributed by atoms with Crippen molar-refractivity contribution in [3.8, 4) is 0 Å². The predicted molar refractivity (Wildman–Crippen MR) is 389 cm³/mol. The molecule has 5 heterocycles. The van der Waals surface area contributed by atoms with Crippen LogP contribution in [0.2, 0.25) is 0 Å². The maximum absolute atomic E-state index is 13.0. The van der Waals surface area contributed by atoms with E-state index in [4.69, 9.17) is 0 Å². The summed E-state index contributed by atoms with van der Waals surface area (Å²) in [6.07, 6.45) is 10.0. The van der Waals surface area contributed by atoms with Gasteiger partial charge in [0.2, 0.25) is 30.1 Å². The molecule has 14 heteroatoms. The molecule has 5 fully saturated rings. The number of hydrogen-bond acceptors (Lipinski definition) is 8. The van der Waals surface area contributed by atoms with E-state index in [0.29, 0.717) is 62.6 Å². The van der Waals surface area contributed by atoms with Gasteiger partial charge in [-0.2, -0.15) is 12.9 Å². The summed E-state index contributed by atoms with van der Waals surface area (Å²) >= 11 is 1.69. The topological polar surface area (TPSA) is 125 Å². The number of hydrogen-bond donors (Lipinski definition) is 0. The summed E-state index contributed by atoms with van der Waals surface area (Å²) < 4.78 is 81.1. The molecule has 10 rings (SSSR count). The average Bonchev–Trinajstić information content (AvgIpc) is 2.85. The maximum Gasteiger partial charge on any atom is 0.244 e. The molecule has 1 saturated carbocycles. The van der Waals surface area contributed by atoms with Crippen LogP contribution in [-0.2, 0) is 30.1 Å². The molecule has 0 radical (unpaired) electrons. The van der Waals surface area contributed by atoms with E-state index in [0.717, 1.165) is 31.4 Å². The second-order valence-electron chi connectivity index (χ2n) is 20.9. The summed E-state index contributed by atoms with van der Waals surface area (Å²) in [6.45, 7) is 54.0. The zero-order chi connectivity index (χ0) is 68.6. The molecule has 4 aliphatic heterocycles. The van der Waals surface area contributed by atoms with E-state index < -0.39 is 30.1 Å². The first-order chi connectivity index (χ1) is 42.2. The lowest BCUT2D eigenvalue weighted by molar-refractivity contribution is 0.0296. The van der Waals surface area contributed by atoms with Gasteiger partial charge in [0.25, 0.3) is 0 Å². The minimum Gasteiger partial charge on any atom is -0.265 e. The van der Waals surface area contributed by atoms with Crippen molar-refractivity contribution in [3.63, 3.8) is 0 Å². The summed E-state index contributed by atoms with van der Waals surface area (Å²) in [5, 5.41) is 0. The lowest BCUT2D eigenvalue weighted by Crippen LogP contribution is -2.59. The SMILES string of the molecule is CC.CC.CC.CC.CC.CC.CC.CC.CC(C)C1C2CCC(CC2)N1S(=O)(=O)c1ccccc1.CC(C)C1CCCN1S(=O)(=O)c1ccccc1.CC(C)C1CSCN1S(=O)(=O)c1ccccc1.CC(C)c1ccccc1.CC(C)c1ccncc1. The third-order valence-corrected chi connectivity index (χ3v) is 21.1. The van der Waals surface area contributed by atoms with Crippen LogP contribution in [0.25, 0.3) is 0 Å². The second kappa shape index (κ2) is 52.7. The fraction of sp³-hybridized carbons (Fsp3) is 0.608. The maximum atomic E-state index is 13.0. The normalized spacial score (nSPS) is 18.2. The van der Waals surface area contributed by atoms with Crippen molar-refractivity contribution in [2.24, 2.45) is 23.7 Å². The number of sulfonamides is 3. The number of piperidine rings is 2. The Morgan fingerprint density at radius 3 is 1.07 bits per heavy atom. The molecule has 3 atom stereocenters. The highest BCUT2D eigenvalue weighted by molar-refractivity contribution is 8.00. The highest BCUT2D eigenvalue weighted by Crippen LogP contribution is 2.45. The van der Waals surface area contributed by atoms with Gasteiger partial charge in [0, 0.05) is 48.9 Å². The van der Waals surface area contributed by atoms with E-state index in [1.165, 1.54) is 24.0 Å². The zero-order valence-corrected chi connectivity index (χ0v) is 63.6. The van der Waals surface area contributed by atoms with Crippen LogP contribution in [0.4, 0.5) is 0 Å². The minimum atomic E-state index is -3.35. The van der Waals surface area contributed by atoms with Crippen molar-refractivity contribution in [1.29, 1.82) is 0 Å². The number of aromatic nitrogens is 1. The number of benzene rings is 4. The van der Waals surface area contributed by atoms with Gasteiger partial charge in [-0.05, 0) is 134 Å². The van der Waals surface area contributed by atoms with Crippen LogP contribution in [0.3, 0.4) is 0 Å². The van der Waals surface area contributed by atoms with Gasteiger partial charge in [-0.15, -0.1) is 11.8 Å². The van der Waals surface area contributed by atoms with Gasteiger partial charge in [-0.3, -0.25) is 4.98 Å². The Kier molecular flexibility index (Phi) is 54.2. The Morgan fingerprint density at radius 1 is 0.398 bits per heavy atom. The molecule has 1 aromatic heterocycles. The van der Waals surface area contributed by atoms with Crippen LogP contribution in [0.15, 0.2) is 161 Å². The number of fused-ring (bicyclic) bond motifs is 3. The van der Waals surface area contributed by atoms with E-state index in [1.807, 2.05) is 164 Å². The molecule has 10 nitrogen and oxygen atoms in total. The van der Waals surface area contributed by atoms with Crippen LogP contribution in [0, 0.1) is 23.7 Å². The second-order valence-corrected chi connectivity index (χ2v) is 27.5. The minimum absolute atomic E-state index is 0.116. The Labute approximate surface area is 549 Å². The molecule has 506 valence electrons. The van der Waals surface area contributed by atoms with Gasteiger partial charge in [-0.1, -0.05) is 265 Å². The number of nitrogens with zero attached hydrogens (tertiary/aromatic N) is 4. The van der Waals surface area contributed by atoms with Crippen molar-refractivity contribution in [2.75, 3.05) is 18.2 Å². The van der Waals surface area contributed by atoms with Gasteiger partial charge in [0.05, 0.1) is 20.6 Å². The van der Waals surface area contributed by atoms with E-state index in [-0.39, 0.29) is 24.2 Å². The van der Waals surface area contributed by atoms with Crippen LogP contribution in [0.5, 0.6) is 0 Å². The molecule has 4 saturated heterocycles. The van der Waals surface area contributed by atoms with E-state index in [9.17, 15) is 25.3 Å². The summed E-state index contributed by atoms with van der Waals surface area (Å²) in [4.78, 5) is 5.18. The van der Waals surface area contributed by atoms with Crippen LogP contribution in [0.1, 0.15) is 242 Å². The summed E-state index contributed by atoms with van der Waals surface area (Å²) in [5.74, 6) is 4.38. The number of thioether (sulfide) groups is 1. The molecule has 0 N–H and O–H groups in total. The first-order valence-electron chi connectivity index (χ1n) is 33.9. The Hall–Kier alpha value is -3.89. The predicted octanol–water partition coefficient (Wildman–Crippen LogP) is 21.4. The smallest absolute Gasteiger partial charge is 0.244 e. The van der Waals surface area contributed by atoms with Crippen molar-refractivity contribution in [3.05, 3.63) is 157 Å². The number of rotatable bonds is 11. The number of pyridine rings is 1. The largest absolute Gasteiger partial charge is 0.265 e. The fourth-order valence-corrected chi connectivity index (χ4v) is 17.6. The molecule has 1 aliphatic carbocycles. The summed E-state index contributed by atoms with van der Waals surface area (Å²) in [6, 6.07) is 41.6. The van der Waals surface area contributed by atoms with E-state index >= 15 is 0 Å². The van der Waals surface area contributed by atoms with Gasteiger partial charge in [0.15, 0.2) is 0 Å². The highest BCUT2D eigenvalue weighted by Gasteiger charge is 2.48. The molecule has 3 unspecified atom stereocenters. The van der Waals surface area contributed by atoms with Crippen LogP contribution < -0.4 is 0 Å². The third kappa shape index (κ3) is 30.0. The van der Waals surface area contributed by atoms with Gasteiger partial charge >= 0.3 is 0 Å². The molecule has 88 heavy (non-hydrogen) atoms. The Balaban J connectivity index is -0.000000484. The first kappa shape index (κ1) is 90.5. The molecule has 4 aromatic carbocycles. The van der Waals surface area contributed by atoms with E-state index in [1.54, 1.807) is 93.2 Å². The van der Waals surface area contributed by atoms with Crippen LogP contribution >= 0.6 is 11.8 Å². The summed E-state index contributed by atoms with van der Waals surface area (Å²) in [7, 11) is -9.97. The quantitative estimate of drug-likeness (QED) is 0.128. The summed E-state index contributed by atoms with van der Waals surface area (Å²) in [5.41, 5.74) is 2.77. The molecular weight excluding hydrogens is 1170 g/mol. The molecule has 0 spiro atoms. The molecular formula is C74H130N4O6S4. The average molecular weight is 1300 g/mol. The van der Waals surface area contributed by atoms with Gasteiger partial charge < -0.3 is 0 Å². The molecule has 2 bridgehead atoms. The monoisotopic (exact) mass is 1300 g/mol. The standard InChI is InChI=1S/C16H23NO2S.C13H19NO2S.C12H17NO2S2.C9H12.C8H11N.8C2H6/c1-12(2)16-13-8-10-14(11-9-13)17(16)20(18,19)15-6-4-3-5-7-15;1-11(2)13-9-6-10-14(13)17(15,16)12-7-4-3-5-8-12;1-10(2)12-8-16-9-13(12)17(14,15)11-6-4-3-5-7-11;1-8(2)9-6-4-3-5-7-9;1-7(2)8-3-5-9-6-4-8;8*1-2/h3-7,12-14,16H,8-11H2,1-2H3;3-5,7-8,11,13H,6,9-10H2,1-2H3;3-7,10,12H,8-9H2,1-2H3;3-8H,1-2H3;3-7H,1-2H3;8*1-2H3. The van der Waals surface area contributed by atoms with Crippen molar-refractivity contribution in [1.82, 2.24) is 17.9 Å². The van der Waals surface area contributed by atoms with Crippen molar-refractivity contribution >= 4 is 41.8 Å². The fourth-order valence-electron chi connectivity index (χ4n) is 10.0. The zero-order valence-electron chi connectivity index (χ0n) is 60.4. The van der Waals surface area contributed by atoms with Crippen LogP contribution in [-0.4, -0.2) is 85.5 Å². The van der Waals surface area contributed by atoms with Crippen molar-refractivity contribution in [2.45, 2.75) is 269 Å². The van der Waals surface area contributed by atoms with Crippen molar-refractivity contribution < 1.29 is 25.3 Å². The Bertz CT molecular complexity index is 2540. The molecule has 0 amide bonds. The van der Waals surface area contributed by atoms with Gasteiger partial charge in [0.1, 0.15) is 0 Å². The van der Waals surface area contributed by atoms with Gasteiger partial charge in [-0.25, -0.2) is 25.3 Å². The highest BCUT2D eigenvalue weighted by atomic mass is 32.2. The third-order valence-electron chi connectivity index (χ3n) is 14.1. The first-order valence-corrected chi connectivity index (χ1v) is 39.4.